The van der Waals surface area contributed by atoms with E-state index in [2.05, 4.69) is 5.32 Å². The van der Waals surface area contributed by atoms with Crippen molar-refractivity contribution in [2.75, 3.05) is 26.8 Å². The van der Waals surface area contributed by atoms with Crippen LogP contribution in [0, 0.1) is 0 Å². The van der Waals surface area contributed by atoms with Gasteiger partial charge in [-0.15, -0.1) is 0 Å². The minimum atomic E-state index is -4.41. The molecule has 0 bridgehead atoms. The van der Waals surface area contributed by atoms with E-state index in [9.17, 15) is 18.0 Å². The van der Waals surface area contributed by atoms with Gasteiger partial charge in [-0.1, -0.05) is 6.07 Å². The van der Waals surface area contributed by atoms with Crippen LogP contribution in [0.4, 0.5) is 13.2 Å². The second-order valence-corrected chi connectivity index (χ2v) is 4.88. The molecule has 0 unspecified atom stereocenters. The Bertz CT molecular complexity index is 507. The van der Waals surface area contributed by atoms with E-state index in [4.69, 9.17) is 15.2 Å². The Labute approximate surface area is 132 Å². The summed E-state index contributed by atoms with van der Waals surface area (Å²) in [7, 11) is 1.35. The number of hydrogen-bond acceptors (Lipinski definition) is 4. The molecule has 1 rings (SSSR count). The van der Waals surface area contributed by atoms with Crippen molar-refractivity contribution >= 4 is 5.91 Å². The molecule has 5 nitrogen and oxygen atoms in total. The number of aryl methyl sites for hydroxylation is 1. The lowest BCUT2D eigenvalue weighted by atomic mass is 10.1. The van der Waals surface area contributed by atoms with Gasteiger partial charge < -0.3 is 20.5 Å². The molecule has 23 heavy (non-hydrogen) atoms. The van der Waals surface area contributed by atoms with Gasteiger partial charge in [0.25, 0.3) is 0 Å². The molecule has 0 aliphatic heterocycles. The summed E-state index contributed by atoms with van der Waals surface area (Å²) in [5, 5.41) is 2.73. The molecule has 0 atom stereocenters. The van der Waals surface area contributed by atoms with Crippen molar-refractivity contribution in [1.82, 2.24) is 5.32 Å². The zero-order chi connectivity index (χ0) is 17.3. The Kier molecular flexibility index (Phi) is 7.67. The van der Waals surface area contributed by atoms with Gasteiger partial charge in [-0.3, -0.25) is 4.79 Å². The van der Waals surface area contributed by atoms with E-state index in [0.29, 0.717) is 25.9 Å². The van der Waals surface area contributed by atoms with Crippen LogP contribution in [0.3, 0.4) is 0 Å². The molecule has 0 heterocycles. The zero-order valence-corrected chi connectivity index (χ0v) is 12.9. The molecule has 0 aliphatic carbocycles. The van der Waals surface area contributed by atoms with Crippen LogP contribution in [0.2, 0.25) is 0 Å². The molecule has 8 heteroatoms. The fraction of sp³-hybridized carbons (Fsp3) is 0.533. The van der Waals surface area contributed by atoms with Crippen molar-refractivity contribution in [2.24, 2.45) is 5.73 Å². The van der Waals surface area contributed by atoms with Crippen LogP contribution >= 0.6 is 0 Å². The lowest BCUT2D eigenvalue weighted by molar-refractivity contribution is -0.153. The van der Waals surface area contributed by atoms with E-state index in [1.54, 1.807) is 12.1 Å². The largest absolute Gasteiger partial charge is 0.493 e. The molecule has 1 amide bonds. The summed E-state index contributed by atoms with van der Waals surface area (Å²) in [6.45, 7) is -0.341. The number of amides is 1. The fourth-order valence-corrected chi connectivity index (χ4v) is 1.82. The normalized spacial score (nSPS) is 11.2. The summed E-state index contributed by atoms with van der Waals surface area (Å²) in [6, 6.07) is 4.59. The maximum Gasteiger partial charge on any atom is 0.422 e. The van der Waals surface area contributed by atoms with E-state index < -0.39 is 12.8 Å². The van der Waals surface area contributed by atoms with Crippen molar-refractivity contribution in [3.8, 4) is 11.5 Å². The molecule has 0 fully saturated rings. The smallest absolute Gasteiger partial charge is 0.422 e. The van der Waals surface area contributed by atoms with Gasteiger partial charge in [-0.05, 0) is 37.1 Å². The number of methoxy groups -OCH3 is 1. The maximum absolute atomic E-state index is 12.2. The minimum absolute atomic E-state index is 0.0148. The highest BCUT2D eigenvalue weighted by atomic mass is 19.4. The van der Waals surface area contributed by atoms with E-state index >= 15 is 0 Å². The molecule has 1 aromatic rings. The van der Waals surface area contributed by atoms with Crippen LogP contribution in [-0.2, 0) is 11.2 Å². The second kappa shape index (κ2) is 9.24. The molecule has 3 N–H and O–H groups in total. The highest BCUT2D eigenvalue weighted by molar-refractivity contribution is 5.76. The van der Waals surface area contributed by atoms with Gasteiger partial charge in [0, 0.05) is 13.0 Å². The number of hydrogen-bond donors (Lipinski definition) is 2. The monoisotopic (exact) mass is 334 g/mol. The van der Waals surface area contributed by atoms with Gasteiger partial charge >= 0.3 is 6.18 Å². The number of carbonyl (C=O) groups excluding carboxylic acids is 1. The van der Waals surface area contributed by atoms with E-state index in [1.807, 2.05) is 0 Å². The summed E-state index contributed by atoms with van der Waals surface area (Å²) >= 11 is 0. The molecule has 130 valence electrons. The summed E-state index contributed by atoms with van der Waals surface area (Å²) in [6.07, 6.45) is -2.98. The van der Waals surface area contributed by atoms with Crippen LogP contribution in [0.1, 0.15) is 18.4 Å². The minimum Gasteiger partial charge on any atom is -0.493 e. The number of nitrogens with two attached hydrogens (primary N) is 1. The molecule has 0 aromatic heterocycles. The average molecular weight is 334 g/mol. The first kappa shape index (κ1) is 19.1. The van der Waals surface area contributed by atoms with Gasteiger partial charge in [0.2, 0.25) is 5.91 Å². The van der Waals surface area contributed by atoms with Gasteiger partial charge in [0.1, 0.15) is 0 Å². The predicted octanol–water partition coefficient (Wildman–Crippen LogP) is 2.03. The Morgan fingerprint density at radius 2 is 2.04 bits per heavy atom. The predicted molar refractivity (Wildman–Crippen MR) is 79.5 cm³/mol. The summed E-state index contributed by atoms with van der Waals surface area (Å²) in [5.41, 5.74) is 6.10. The Hall–Kier alpha value is -1.96. The molecule has 0 saturated heterocycles. The number of alkyl halides is 3. The Morgan fingerprint density at radius 3 is 2.65 bits per heavy atom. The van der Waals surface area contributed by atoms with E-state index in [-0.39, 0.29) is 23.8 Å². The van der Waals surface area contributed by atoms with E-state index in [1.165, 1.54) is 13.2 Å². The number of rotatable bonds is 9. The highest BCUT2D eigenvalue weighted by Gasteiger charge is 2.29. The van der Waals surface area contributed by atoms with Crippen LogP contribution < -0.4 is 20.5 Å². The first-order chi connectivity index (χ1) is 10.9. The van der Waals surface area contributed by atoms with Gasteiger partial charge in [0.05, 0.1) is 7.11 Å². The number of nitrogens with one attached hydrogen (secondary N) is 1. The van der Waals surface area contributed by atoms with Crippen LogP contribution in [0.25, 0.3) is 0 Å². The third-order valence-corrected chi connectivity index (χ3v) is 2.96. The van der Waals surface area contributed by atoms with Gasteiger partial charge in [0.15, 0.2) is 18.1 Å². The summed E-state index contributed by atoms with van der Waals surface area (Å²) in [4.78, 5) is 11.6. The standard InChI is InChI=1S/C15H21F3N2O3/c1-22-13-9-11(4-6-14(21)20-8-2-7-19)3-5-12(13)23-10-15(16,17)18/h3,5,9H,2,4,6-8,10,19H2,1H3,(H,20,21). The van der Waals surface area contributed by atoms with Crippen LogP contribution in [0.5, 0.6) is 11.5 Å². The number of halogens is 3. The number of ether oxygens (including phenoxy) is 2. The van der Waals surface area contributed by atoms with Gasteiger partial charge in [-0.25, -0.2) is 0 Å². The third kappa shape index (κ3) is 7.73. The van der Waals surface area contributed by atoms with Gasteiger partial charge in [-0.2, -0.15) is 13.2 Å². The van der Waals surface area contributed by atoms with Crippen molar-refractivity contribution in [1.29, 1.82) is 0 Å². The molecule has 0 aliphatic rings. The van der Waals surface area contributed by atoms with E-state index in [0.717, 1.165) is 5.56 Å². The third-order valence-electron chi connectivity index (χ3n) is 2.96. The lowest BCUT2D eigenvalue weighted by Crippen LogP contribution is -2.26. The van der Waals surface area contributed by atoms with Crippen molar-refractivity contribution < 1.29 is 27.4 Å². The first-order valence-electron chi connectivity index (χ1n) is 7.19. The molecule has 1 aromatic carbocycles. The fourth-order valence-electron chi connectivity index (χ4n) is 1.82. The molecule has 0 saturated carbocycles. The van der Waals surface area contributed by atoms with Crippen molar-refractivity contribution in [2.45, 2.75) is 25.4 Å². The molecular weight excluding hydrogens is 313 g/mol. The van der Waals surface area contributed by atoms with Crippen molar-refractivity contribution in [3.63, 3.8) is 0 Å². The second-order valence-electron chi connectivity index (χ2n) is 4.88. The molecule has 0 radical (unpaired) electrons. The molecule has 0 spiro atoms. The number of carbonyl (C=O) groups is 1. The van der Waals surface area contributed by atoms with Crippen LogP contribution in [-0.4, -0.2) is 38.9 Å². The Morgan fingerprint density at radius 1 is 1.30 bits per heavy atom. The highest BCUT2D eigenvalue weighted by Crippen LogP contribution is 2.30. The topological polar surface area (TPSA) is 73.6 Å². The SMILES string of the molecule is COc1cc(CCC(=O)NCCCN)ccc1OCC(F)(F)F. The quantitative estimate of drug-likeness (QED) is 0.678. The molecular formula is C15H21F3N2O3. The summed E-state index contributed by atoms with van der Waals surface area (Å²) in [5.74, 6) is 0.117. The Balaban J connectivity index is 2.56. The first-order valence-corrected chi connectivity index (χ1v) is 7.19. The lowest BCUT2D eigenvalue weighted by Gasteiger charge is -2.13. The summed E-state index contributed by atoms with van der Waals surface area (Å²) < 4.78 is 46.3. The average Bonchev–Trinajstić information content (AvgIpc) is 2.50. The maximum atomic E-state index is 12.2. The number of benzene rings is 1. The van der Waals surface area contributed by atoms with Crippen LogP contribution in [0.15, 0.2) is 18.2 Å². The van der Waals surface area contributed by atoms with Crippen molar-refractivity contribution in [3.05, 3.63) is 23.8 Å². The zero-order valence-electron chi connectivity index (χ0n) is 12.9.